The Balaban J connectivity index is 1.25. The van der Waals surface area contributed by atoms with E-state index < -0.39 is 11.7 Å². The number of aromatic nitrogens is 6. The molecule has 1 amide bonds. The monoisotopic (exact) mass is 583 g/mol. The number of anilines is 3. The summed E-state index contributed by atoms with van der Waals surface area (Å²) in [5.74, 6) is 0.231. The Morgan fingerprint density at radius 2 is 2.02 bits per heavy atom. The van der Waals surface area contributed by atoms with Crippen LogP contribution in [0.15, 0.2) is 67.3 Å². The first-order valence-electron chi connectivity index (χ1n) is 13.9. The molecule has 2 N–H and O–H groups in total. The minimum absolute atomic E-state index is 0.105. The fourth-order valence-electron chi connectivity index (χ4n) is 4.99. The van der Waals surface area contributed by atoms with Gasteiger partial charge in [-0.1, -0.05) is 0 Å². The smallest absolute Gasteiger partial charge is 0.284 e. The van der Waals surface area contributed by atoms with Crippen molar-refractivity contribution >= 4 is 39.6 Å². The second-order valence-electron chi connectivity index (χ2n) is 10.2. The van der Waals surface area contributed by atoms with Crippen molar-refractivity contribution < 1.29 is 18.7 Å². The van der Waals surface area contributed by atoms with Crippen LogP contribution in [0.25, 0.3) is 16.6 Å². The van der Waals surface area contributed by atoms with E-state index in [-0.39, 0.29) is 6.04 Å². The van der Waals surface area contributed by atoms with E-state index in [4.69, 9.17) is 9.47 Å². The lowest BCUT2D eigenvalue weighted by atomic mass is 10.1. The van der Waals surface area contributed by atoms with E-state index in [0.29, 0.717) is 52.0 Å². The van der Waals surface area contributed by atoms with Gasteiger partial charge in [0, 0.05) is 29.2 Å². The zero-order valence-electron chi connectivity index (χ0n) is 23.9. The number of nitrogens with one attached hydrogen (secondary N) is 2. The Morgan fingerprint density at radius 3 is 2.81 bits per heavy atom. The Kier molecular flexibility index (Phi) is 7.79. The van der Waals surface area contributed by atoms with Crippen molar-refractivity contribution in [1.82, 2.24) is 34.4 Å². The fraction of sp³-hybridized carbons (Fsp3) is 0.267. The second kappa shape index (κ2) is 12.0. The summed E-state index contributed by atoms with van der Waals surface area (Å²) in [5, 5.41) is 14.5. The summed E-state index contributed by atoms with van der Waals surface area (Å²) in [6.45, 7) is 4.98. The summed E-state index contributed by atoms with van der Waals surface area (Å²) in [6, 6.07) is 10.6. The molecule has 0 saturated carbocycles. The number of carbonyl (C=O) groups is 1. The van der Waals surface area contributed by atoms with Gasteiger partial charge in [0.1, 0.15) is 36.3 Å². The zero-order valence-corrected chi connectivity index (χ0v) is 23.9. The summed E-state index contributed by atoms with van der Waals surface area (Å²) in [4.78, 5) is 28.0. The maximum Gasteiger partial charge on any atom is 0.284 e. The van der Waals surface area contributed by atoms with E-state index in [1.54, 1.807) is 35.3 Å². The number of fused-ring (bicyclic) bond motifs is 2. The average Bonchev–Trinajstić information content (AvgIpc) is 3.63. The molecule has 220 valence electrons. The lowest BCUT2D eigenvalue weighted by molar-refractivity contribution is -0.114. The van der Waals surface area contributed by atoms with Crippen LogP contribution in [0.1, 0.15) is 25.3 Å². The number of ether oxygens (including phenoxy) is 2. The summed E-state index contributed by atoms with van der Waals surface area (Å²) in [7, 11) is 1.92. The normalized spacial score (nSPS) is 15.6. The molecule has 13 heteroatoms. The van der Waals surface area contributed by atoms with Crippen LogP contribution >= 0.6 is 0 Å². The standard InChI is InChI=1S/C30H30FN9O3/c1-4-42-26-13-23-21(12-24(26)37-30(41)22(31)11-20-6-5-9-39(20)3)29(33-15-32-23)36-19-7-8-25(18(2)10-19)43-28-14-27-38-35-17-40(27)16-34-28/h7-8,10-17,20H,4-6,9H2,1-3H3,(H,37,41)(H,32,33,36)/b22-11+/t20-/m1/s1. The van der Waals surface area contributed by atoms with E-state index in [1.807, 2.05) is 44.0 Å². The van der Waals surface area contributed by atoms with Crippen molar-refractivity contribution in [1.29, 1.82) is 0 Å². The van der Waals surface area contributed by atoms with E-state index in [0.717, 1.165) is 30.6 Å². The van der Waals surface area contributed by atoms with Gasteiger partial charge in [-0.2, -0.15) is 0 Å². The molecular weight excluding hydrogens is 553 g/mol. The fourth-order valence-corrected chi connectivity index (χ4v) is 4.99. The molecule has 12 nitrogen and oxygen atoms in total. The van der Waals surface area contributed by atoms with Gasteiger partial charge in [0.05, 0.1) is 17.8 Å². The number of rotatable bonds is 9. The molecule has 1 saturated heterocycles. The molecule has 0 radical (unpaired) electrons. The minimum Gasteiger partial charge on any atom is -0.492 e. The molecule has 0 bridgehead atoms. The van der Waals surface area contributed by atoms with Gasteiger partial charge in [0.25, 0.3) is 5.91 Å². The number of aryl methyl sites for hydroxylation is 1. The lowest BCUT2D eigenvalue weighted by Crippen LogP contribution is -2.24. The predicted molar refractivity (Wildman–Crippen MR) is 159 cm³/mol. The maximum absolute atomic E-state index is 14.9. The van der Waals surface area contributed by atoms with Crippen molar-refractivity contribution in [2.75, 3.05) is 30.8 Å². The number of benzene rings is 2. The van der Waals surface area contributed by atoms with E-state index in [9.17, 15) is 9.18 Å². The molecule has 43 heavy (non-hydrogen) atoms. The van der Waals surface area contributed by atoms with Gasteiger partial charge in [0.15, 0.2) is 11.5 Å². The van der Waals surface area contributed by atoms with Gasteiger partial charge in [-0.15, -0.1) is 10.2 Å². The number of hydrogen-bond acceptors (Lipinski definition) is 10. The molecule has 0 spiro atoms. The number of nitrogens with zero attached hydrogens (tertiary/aromatic N) is 7. The molecule has 0 aliphatic carbocycles. The third kappa shape index (κ3) is 6.06. The van der Waals surface area contributed by atoms with Gasteiger partial charge >= 0.3 is 0 Å². The quantitative estimate of drug-likeness (QED) is 0.223. The highest BCUT2D eigenvalue weighted by Gasteiger charge is 2.22. The largest absolute Gasteiger partial charge is 0.492 e. The third-order valence-corrected chi connectivity index (χ3v) is 7.23. The van der Waals surface area contributed by atoms with Crippen LogP contribution in [0.5, 0.6) is 17.4 Å². The highest BCUT2D eigenvalue weighted by atomic mass is 19.1. The van der Waals surface area contributed by atoms with Gasteiger partial charge in [0.2, 0.25) is 5.88 Å². The van der Waals surface area contributed by atoms with Crippen molar-refractivity contribution in [3.63, 3.8) is 0 Å². The number of likely N-dealkylation sites (tertiary alicyclic amines) is 1. The molecule has 1 aliphatic heterocycles. The second-order valence-corrected chi connectivity index (χ2v) is 10.2. The minimum atomic E-state index is -0.837. The summed E-state index contributed by atoms with van der Waals surface area (Å²) >= 11 is 0. The highest BCUT2D eigenvalue weighted by Crippen LogP contribution is 2.35. The first-order valence-corrected chi connectivity index (χ1v) is 13.9. The Hall–Kier alpha value is -5.17. The molecule has 3 aromatic heterocycles. The van der Waals surface area contributed by atoms with E-state index in [1.165, 1.54) is 12.4 Å². The van der Waals surface area contributed by atoms with E-state index in [2.05, 4.69) is 35.8 Å². The van der Waals surface area contributed by atoms with Crippen molar-refractivity contribution in [2.45, 2.75) is 32.7 Å². The molecular formula is C30H30FN9O3. The first kappa shape index (κ1) is 28.0. The molecule has 5 aromatic rings. The van der Waals surface area contributed by atoms with Gasteiger partial charge < -0.3 is 20.1 Å². The van der Waals surface area contributed by atoms with Gasteiger partial charge in [-0.05, 0) is 76.2 Å². The van der Waals surface area contributed by atoms with Gasteiger partial charge in [-0.25, -0.2) is 19.3 Å². The molecule has 1 aliphatic rings. The third-order valence-electron chi connectivity index (χ3n) is 7.23. The summed E-state index contributed by atoms with van der Waals surface area (Å²) in [6.07, 6.45) is 7.74. The van der Waals surface area contributed by atoms with Crippen LogP contribution in [0, 0.1) is 6.92 Å². The van der Waals surface area contributed by atoms with Crippen LogP contribution < -0.4 is 20.1 Å². The summed E-state index contributed by atoms with van der Waals surface area (Å²) < 4.78 is 28.3. The number of amides is 1. The molecule has 4 heterocycles. The summed E-state index contributed by atoms with van der Waals surface area (Å²) in [5.41, 5.74) is 3.14. The molecule has 0 unspecified atom stereocenters. The molecule has 6 rings (SSSR count). The maximum atomic E-state index is 14.9. The highest BCUT2D eigenvalue weighted by molar-refractivity contribution is 6.05. The van der Waals surface area contributed by atoms with Crippen molar-refractivity contribution in [2.24, 2.45) is 0 Å². The van der Waals surface area contributed by atoms with Crippen molar-refractivity contribution in [3.8, 4) is 17.4 Å². The molecule has 1 fully saturated rings. The van der Waals surface area contributed by atoms with Crippen LogP contribution in [0.4, 0.5) is 21.6 Å². The number of hydrogen-bond donors (Lipinski definition) is 2. The SMILES string of the molecule is CCOc1cc2ncnc(Nc3ccc(Oc4cc5nncn5cn4)c(C)c3)c2cc1NC(=O)/C(F)=C\[C@H]1CCCN1C. The number of likely N-dealkylation sites (N-methyl/N-ethyl adjacent to an activating group) is 1. The average molecular weight is 584 g/mol. The molecule has 1 atom stereocenters. The van der Waals surface area contributed by atoms with Gasteiger partial charge in [-0.3, -0.25) is 14.1 Å². The topological polar surface area (TPSA) is 132 Å². The Labute approximate surface area is 246 Å². The van der Waals surface area contributed by atoms with E-state index >= 15 is 0 Å². The Morgan fingerprint density at radius 1 is 1.14 bits per heavy atom. The number of halogens is 1. The van der Waals surface area contributed by atoms with Crippen LogP contribution in [0.3, 0.4) is 0 Å². The number of carbonyl (C=O) groups excluding carboxylic acids is 1. The van der Waals surface area contributed by atoms with Crippen LogP contribution in [-0.4, -0.2) is 66.6 Å². The molecule has 2 aromatic carbocycles. The predicted octanol–water partition coefficient (Wildman–Crippen LogP) is 5.20. The lowest BCUT2D eigenvalue weighted by Gasteiger charge is -2.16. The van der Waals surface area contributed by atoms with Crippen molar-refractivity contribution in [3.05, 3.63) is 72.8 Å². The first-order chi connectivity index (χ1) is 20.9. The van der Waals surface area contributed by atoms with Crippen LogP contribution in [0.2, 0.25) is 0 Å². The Bertz CT molecular complexity index is 1840. The zero-order chi connectivity index (χ0) is 29.9. The van der Waals surface area contributed by atoms with Crippen LogP contribution in [-0.2, 0) is 4.79 Å².